The van der Waals surface area contributed by atoms with Crippen molar-refractivity contribution in [3.63, 3.8) is 0 Å². The molecule has 0 atom stereocenters. The zero-order chi connectivity index (χ0) is 30.5. The number of thiophene rings is 1. The molecule has 0 unspecified atom stereocenters. The van der Waals surface area contributed by atoms with Gasteiger partial charge in [0.2, 0.25) is 5.91 Å². The Hall–Kier alpha value is -3.68. The lowest BCUT2D eigenvalue weighted by molar-refractivity contribution is -0.129. The zero-order valence-corrected chi connectivity index (χ0v) is 25.0. The predicted octanol–water partition coefficient (Wildman–Crippen LogP) is 2.29. The van der Waals surface area contributed by atoms with Gasteiger partial charge in [-0.3, -0.25) is 14.2 Å². The van der Waals surface area contributed by atoms with Crippen molar-refractivity contribution in [1.82, 2.24) is 29.4 Å². The quantitative estimate of drug-likeness (QED) is 0.272. The van der Waals surface area contributed by atoms with Gasteiger partial charge in [-0.2, -0.15) is 10.2 Å². The molecule has 13 heteroatoms. The van der Waals surface area contributed by atoms with Crippen LogP contribution in [-0.4, -0.2) is 59.5 Å². The monoisotopic (exact) mass is 588 g/mol. The van der Waals surface area contributed by atoms with Crippen LogP contribution < -0.4 is 16.6 Å². The molecule has 222 valence electrons. The predicted molar refractivity (Wildman–Crippen MR) is 156 cm³/mol. The fourth-order valence-electron chi connectivity index (χ4n) is 4.48. The summed E-state index contributed by atoms with van der Waals surface area (Å²) in [6.07, 6.45) is 4.16. The van der Waals surface area contributed by atoms with E-state index < -0.39 is 22.7 Å². The maximum absolute atomic E-state index is 14.0. The second kappa shape index (κ2) is 13.3. The van der Waals surface area contributed by atoms with Crippen molar-refractivity contribution < 1.29 is 19.4 Å². The number of nitrogens with one attached hydrogen (secondary N) is 1. The van der Waals surface area contributed by atoms with Gasteiger partial charge >= 0.3 is 5.69 Å². The minimum absolute atomic E-state index is 0.125. The van der Waals surface area contributed by atoms with Crippen LogP contribution in [0.5, 0.6) is 0 Å². The third-order valence-electron chi connectivity index (χ3n) is 6.58. The molecular weight excluding hydrogens is 551 g/mol. The smallest absolute Gasteiger partial charge is 0.333 e. The number of halogens is 1. The van der Waals surface area contributed by atoms with Crippen LogP contribution in [0.2, 0.25) is 0 Å². The average Bonchev–Trinajstić information content (AvgIpc) is 3.56. The molecule has 0 aliphatic rings. The SMILES string of the molecule is CCc1ccc(F)cc1CCn1c(=O)n(C(C)(C)C(=O)NC(C)C)c(=O)c2c(C)c(-n3nccn3)sc21.OCCO. The van der Waals surface area contributed by atoms with Gasteiger partial charge in [-0.05, 0) is 70.7 Å². The summed E-state index contributed by atoms with van der Waals surface area (Å²) in [5.74, 6) is -0.784. The van der Waals surface area contributed by atoms with Gasteiger partial charge in [0.25, 0.3) is 5.56 Å². The number of nitrogens with zero attached hydrogens (tertiary/aromatic N) is 5. The van der Waals surface area contributed by atoms with E-state index in [1.807, 2.05) is 20.8 Å². The Bertz CT molecular complexity index is 1620. The Labute approximate surface area is 240 Å². The maximum Gasteiger partial charge on any atom is 0.333 e. The van der Waals surface area contributed by atoms with Crippen molar-refractivity contribution in [1.29, 1.82) is 0 Å². The van der Waals surface area contributed by atoms with Crippen molar-refractivity contribution >= 4 is 27.5 Å². The Balaban J connectivity index is 0.00000108. The van der Waals surface area contributed by atoms with Gasteiger partial charge in [-0.15, -0.1) is 4.80 Å². The summed E-state index contributed by atoms with van der Waals surface area (Å²) < 4.78 is 16.6. The first-order chi connectivity index (χ1) is 19.4. The lowest BCUT2D eigenvalue weighted by Gasteiger charge is -2.27. The number of hydrogen-bond acceptors (Lipinski definition) is 8. The number of amides is 1. The molecule has 1 amide bonds. The summed E-state index contributed by atoms with van der Waals surface area (Å²) in [6, 6.07) is 4.49. The second-order valence-electron chi connectivity index (χ2n) is 10.3. The molecule has 0 bridgehead atoms. The van der Waals surface area contributed by atoms with E-state index >= 15 is 0 Å². The molecule has 0 saturated carbocycles. The first kappa shape index (κ1) is 31.8. The summed E-state index contributed by atoms with van der Waals surface area (Å²) in [5, 5.41) is 27.4. The second-order valence-corrected chi connectivity index (χ2v) is 11.2. The van der Waals surface area contributed by atoms with E-state index in [1.54, 1.807) is 26.8 Å². The molecule has 0 aliphatic carbocycles. The number of benzene rings is 1. The number of aryl methyl sites for hydroxylation is 4. The molecule has 0 saturated heterocycles. The molecule has 0 fully saturated rings. The molecule has 1 aromatic carbocycles. The van der Waals surface area contributed by atoms with Gasteiger partial charge < -0.3 is 15.5 Å². The fourth-order valence-corrected chi connectivity index (χ4v) is 5.72. The molecule has 3 aromatic heterocycles. The van der Waals surface area contributed by atoms with Crippen molar-refractivity contribution in [2.45, 2.75) is 72.5 Å². The van der Waals surface area contributed by atoms with E-state index in [0.717, 1.165) is 22.1 Å². The van der Waals surface area contributed by atoms with E-state index in [0.29, 0.717) is 27.2 Å². The number of aliphatic hydroxyl groups excluding tert-OH is 2. The Kier molecular flexibility index (Phi) is 10.3. The van der Waals surface area contributed by atoms with Crippen LogP contribution in [0.4, 0.5) is 4.39 Å². The van der Waals surface area contributed by atoms with Crippen molar-refractivity contribution in [3.05, 3.63) is 73.9 Å². The van der Waals surface area contributed by atoms with E-state index in [9.17, 15) is 18.8 Å². The van der Waals surface area contributed by atoms with Gasteiger partial charge in [0.15, 0.2) is 0 Å². The van der Waals surface area contributed by atoms with Crippen LogP contribution in [-0.2, 0) is 29.7 Å². The zero-order valence-electron chi connectivity index (χ0n) is 24.1. The number of hydrogen-bond donors (Lipinski definition) is 3. The Morgan fingerprint density at radius 3 is 2.32 bits per heavy atom. The van der Waals surface area contributed by atoms with Crippen molar-refractivity contribution in [2.75, 3.05) is 13.2 Å². The van der Waals surface area contributed by atoms with Crippen molar-refractivity contribution in [2.24, 2.45) is 0 Å². The van der Waals surface area contributed by atoms with E-state index in [-0.39, 0.29) is 31.6 Å². The molecule has 0 spiro atoms. The first-order valence-corrected chi connectivity index (χ1v) is 14.2. The maximum atomic E-state index is 14.0. The highest BCUT2D eigenvalue weighted by molar-refractivity contribution is 7.21. The topological polar surface area (TPSA) is 144 Å². The fraction of sp³-hybridized carbons (Fsp3) is 0.464. The summed E-state index contributed by atoms with van der Waals surface area (Å²) in [4.78, 5) is 42.8. The Morgan fingerprint density at radius 1 is 1.12 bits per heavy atom. The highest BCUT2D eigenvalue weighted by Gasteiger charge is 2.35. The van der Waals surface area contributed by atoms with E-state index in [4.69, 9.17) is 10.2 Å². The van der Waals surface area contributed by atoms with Crippen LogP contribution >= 0.6 is 11.3 Å². The summed E-state index contributed by atoms with van der Waals surface area (Å²) in [6.45, 7) is 10.5. The number of rotatable bonds is 9. The number of carbonyl (C=O) groups is 1. The van der Waals surface area contributed by atoms with Crippen LogP contribution in [0.15, 0.2) is 40.2 Å². The molecule has 11 nitrogen and oxygen atoms in total. The largest absolute Gasteiger partial charge is 0.394 e. The molecule has 0 aliphatic heterocycles. The highest BCUT2D eigenvalue weighted by Crippen LogP contribution is 2.31. The van der Waals surface area contributed by atoms with Crippen LogP contribution in [0.1, 0.15) is 51.3 Å². The number of fused-ring (bicyclic) bond motifs is 1. The highest BCUT2D eigenvalue weighted by atomic mass is 32.1. The Morgan fingerprint density at radius 2 is 1.76 bits per heavy atom. The van der Waals surface area contributed by atoms with Crippen LogP contribution in [0.3, 0.4) is 0 Å². The first-order valence-electron chi connectivity index (χ1n) is 13.3. The molecule has 3 heterocycles. The van der Waals surface area contributed by atoms with Gasteiger partial charge in [-0.1, -0.05) is 24.3 Å². The summed E-state index contributed by atoms with van der Waals surface area (Å²) in [7, 11) is 0. The molecule has 3 N–H and O–H groups in total. The standard InChI is InChI=1S/C26H31FN6O3S.C2H6O2/c1-7-17-8-9-19(27)14-18(17)10-13-31-23-20(16(4)22(37-23)33-28-11-12-29-33)21(34)32(25(31)36)26(5,6)24(35)30-15(2)3;3-1-2-4/h8-9,11-12,14-15H,7,10,13H2,1-6H3,(H,30,35);3-4H,1-2H2. The summed E-state index contributed by atoms with van der Waals surface area (Å²) >= 11 is 1.24. The number of aliphatic hydroxyl groups is 2. The van der Waals surface area contributed by atoms with E-state index in [2.05, 4.69) is 15.5 Å². The van der Waals surface area contributed by atoms with E-state index in [1.165, 1.54) is 45.2 Å². The lowest BCUT2D eigenvalue weighted by atomic mass is 10.0. The minimum Gasteiger partial charge on any atom is -0.394 e. The van der Waals surface area contributed by atoms with Crippen LogP contribution in [0.25, 0.3) is 15.2 Å². The van der Waals surface area contributed by atoms with Gasteiger partial charge in [-0.25, -0.2) is 13.8 Å². The van der Waals surface area contributed by atoms with Gasteiger partial charge in [0.1, 0.15) is 21.2 Å². The number of carbonyl (C=O) groups excluding carboxylic acids is 1. The van der Waals surface area contributed by atoms with Crippen LogP contribution in [0, 0.1) is 12.7 Å². The average molecular weight is 589 g/mol. The van der Waals surface area contributed by atoms with Crippen molar-refractivity contribution in [3.8, 4) is 5.00 Å². The molecular formula is C28H37FN6O5S. The third-order valence-corrected chi connectivity index (χ3v) is 7.86. The molecule has 0 radical (unpaired) electrons. The molecule has 4 aromatic rings. The summed E-state index contributed by atoms with van der Waals surface area (Å²) in [5.41, 5.74) is -0.215. The molecule has 41 heavy (non-hydrogen) atoms. The normalized spacial score (nSPS) is 11.6. The molecule has 4 rings (SSSR count). The lowest BCUT2D eigenvalue weighted by Crippen LogP contribution is -2.56. The van der Waals surface area contributed by atoms with Gasteiger partial charge in [0.05, 0.1) is 31.0 Å². The third kappa shape index (κ3) is 6.63. The number of aromatic nitrogens is 5. The minimum atomic E-state index is -1.46. The van der Waals surface area contributed by atoms with Gasteiger partial charge in [0, 0.05) is 18.2 Å².